The van der Waals surface area contributed by atoms with E-state index >= 15 is 0 Å². The number of benzene rings is 1. The van der Waals surface area contributed by atoms with Crippen molar-refractivity contribution in [1.29, 1.82) is 0 Å². The third-order valence-electron chi connectivity index (χ3n) is 2.25. The second kappa shape index (κ2) is 3.93. The molecule has 1 heterocycles. The Morgan fingerprint density at radius 3 is 2.86 bits per heavy atom. The van der Waals surface area contributed by atoms with Gasteiger partial charge >= 0.3 is 0 Å². The number of aryl methyl sites for hydroxylation is 1. The molecule has 0 radical (unpaired) electrons. The summed E-state index contributed by atoms with van der Waals surface area (Å²) in [6, 6.07) is 6.38. The SMILES string of the molecule is CSc1sc2cc(C)ccc2c1CO. The second-order valence-corrected chi connectivity index (χ2v) is 5.36. The molecule has 0 bridgehead atoms. The molecule has 0 aliphatic rings. The Labute approximate surface area is 91.8 Å². The summed E-state index contributed by atoms with van der Waals surface area (Å²) in [6.07, 6.45) is 2.05. The van der Waals surface area contributed by atoms with Crippen LogP contribution in [0.15, 0.2) is 22.4 Å². The Morgan fingerprint density at radius 2 is 2.21 bits per heavy atom. The van der Waals surface area contributed by atoms with Crippen LogP contribution in [0.25, 0.3) is 10.1 Å². The number of aliphatic hydroxyl groups is 1. The first-order valence-electron chi connectivity index (χ1n) is 4.43. The van der Waals surface area contributed by atoms with E-state index in [1.165, 1.54) is 19.9 Å². The average molecular weight is 224 g/mol. The first-order valence-corrected chi connectivity index (χ1v) is 6.47. The van der Waals surface area contributed by atoms with Gasteiger partial charge in [-0.2, -0.15) is 0 Å². The van der Waals surface area contributed by atoms with Crippen LogP contribution in [0.2, 0.25) is 0 Å². The van der Waals surface area contributed by atoms with Gasteiger partial charge in [-0.1, -0.05) is 12.1 Å². The maximum Gasteiger partial charge on any atom is 0.0707 e. The van der Waals surface area contributed by atoms with Crippen molar-refractivity contribution in [2.75, 3.05) is 6.26 Å². The van der Waals surface area contributed by atoms with Crippen LogP contribution in [0.1, 0.15) is 11.1 Å². The largest absolute Gasteiger partial charge is 0.392 e. The molecule has 1 N–H and O–H groups in total. The van der Waals surface area contributed by atoms with Crippen LogP contribution in [0.4, 0.5) is 0 Å². The lowest BCUT2D eigenvalue weighted by Gasteiger charge is -1.96. The first-order chi connectivity index (χ1) is 6.76. The van der Waals surface area contributed by atoms with Gasteiger partial charge in [0, 0.05) is 10.3 Å². The summed E-state index contributed by atoms with van der Waals surface area (Å²) in [5.41, 5.74) is 2.35. The van der Waals surface area contributed by atoms with Crippen molar-refractivity contribution in [3.05, 3.63) is 29.3 Å². The van der Waals surface area contributed by atoms with Crippen molar-refractivity contribution in [2.24, 2.45) is 0 Å². The van der Waals surface area contributed by atoms with E-state index < -0.39 is 0 Å². The predicted octanol–water partition coefficient (Wildman–Crippen LogP) is 3.42. The molecule has 74 valence electrons. The van der Waals surface area contributed by atoms with Crippen molar-refractivity contribution >= 4 is 33.2 Å². The molecule has 1 nitrogen and oxygen atoms in total. The Bertz CT molecular complexity index is 460. The van der Waals surface area contributed by atoms with Crippen molar-refractivity contribution < 1.29 is 5.11 Å². The number of hydrogen-bond acceptors (Lipinski definition) is 3. The number of fused-ring (bicyclic) bond motifs is 1. The minimum Gasteiger partial charge on any atom is -0.392 e. The normalized spacial score (nSPS) is 11.1. The van der Waals surface area contributed by atoms with Crippen LogP contribution in [0, 0.1) is 6.92 Å². The number of rotatable bonds is 2. The van der Waals surface area contributed by atoms with E-state index in [1.807, 2.05) is 0 Å². The van der Waals surface area contributed by atoms with Crippen LogP contribution in [0.3, 0.4) is 0 Å². The number of thiophene rings is 1. The fourth-order valence-corrected chi connectivity index (χ4v) is 3.62. The molecular weight excluding hydrogens is 212 g/mol. The summed E-state index contributed by atoms with van der Waals surface area (Å²) >= 11 is 3.48. The van der Waals surface area contributed by atoms with Crippen molar-refractivity contribution in [2.45, 2.75) is 17.7 Å². The molecule has 2 aromatic rings. The van der Waals surface area contributed by atoms with Crippen LogP contribution < -0.4 is 0 Å². The summed E-state index contributed by atoms with van der Waals surface area (Å²) in [6.45, 7) is 2.23. The summed E-state index contributed by atoms with van der Waals surface area (Å²) < 4.78 is 2.51. The number of hydrogen-bond donors (Lipinski definition) is 1. The van der Waals surface area contributed by atoms with Gasteiger partial charge in [-0.3, -0.25) is 0 Å². The van der Waals surface area contributed by atoms with E-state index in [2.05, 4.69) is 31.4 Å². The lowest BCUT2D eigenvalue weighted by molar-refractivity contribution is 0.281. The van der Waals surface area contributed by atoms with Crippen LogP contribution in [-0.4, -0.2) is 11.4 Å². The highest BCUT2D eigenvalue weighted by molar-refractivity contribution is 8.00. The smallest absolute Gasteiger partial charge is 0.0707 e. The van der Waals surface area contributed by atoms with E-state index in [1.54, 1.807) is 23.1 Å². The van der Waals surface area contributed by atoms with Gasteiger partial charge in [-0.25, -0.2) is 0 Å². The number of aliphatic hydroxyl groups excluding tert-OH is 1. The molecule has 0 saturated heterocycles. The van der Waals surface area contributed by atoms with E-state index in [-0.39, 0.29) is 6.61 Å². The molecule has 2 rings (SSSR count). The van der Waals surface area contributed by atoms with E-state index in [4.69, 9.17) is 0 Å². The Hall–Kier alpha value is -0.510. The lowest BCUT2D eigenvalue weighted by Crippen LogP contribution is -1.81. The van der Waals surface area contributed by atoms with Crippen molar-refractivity contribution in [1.82, 2.24) is 0 Å². The highest BCUT2D eigenvalue weighted by atomic mass is 32.2. The van der Waals surface area contributed by atoms with Crippen molar-refractivity contribution in [3.63, 3.8) is 0 Å². The summed E-state index contributed by atoms with van der Waals surface area (Å²) in [7, 11) is 0. The molecule has 14 heavy (non-hydrogen) atoms. The monoisotopic (exact) mass is 224 g/mol. The maximum atomic E-state index is 9.30. The first kappa shape index (κ1) is 10.0. The molecule has 0 aliphatic heterocycles. The topological polar surface area (TPSA) is 20.2 Å². The molecule has 0 spiro atoms. The van der Waals surface area contributed by atoms with Crippen LogP contribution in [-0.2, 0) is 6.61 Å². The fourth-order valence-electron chi connectivity index (χ4n) is 1.55. The molecule has 0 saturated carbocycles. The van der Waals surface area contributed by atoms with Crippen LogP contribution >= 0.6 is 23.1 Å². The second-order valence-electron chi connectivity index (χ2n) is 3.23. The highest BCUT2D eigenvalue weighted by Crippen LogP contribution is 2.37. The lowest BCUT2D eigenvalue weighted by atomic mass is 10.1. The molecule has 1 aromatic heterocycles. The molecule has 0 fully saturated rings. The zero-order chi connectivity index (χ0) is 10.1. The molecule has 0 amide bonds. The van der Waals surface area contributed by atoms with Gasteiger partial charge in [0.1, 0.15) is 0 Å². The predicted molar refractivity (Wildman–Crippen MR) is 64.3 cm³/mol. The zero-order valence-electron chi connectivity index (χ0n) is 8.20. The Kier molecular flexibility index (Phi) is 2.81. The average Bonchev–Trinajstić information content (AvgIpc) is 2.54. The molecule has 1 aromatic carbocycles. The maximum absolute atomic E-state index is 9.30. The molecule has 3 heteroatoms. The minimum atomic E-state index is 0.138. The van der Waals surface area contributed by atoms with E-state index in [0.29, 0.717) is 0 Å². The van der Waals surface area contributed by atoms with Gasteiger partial charge < -0.3 is 5.11 Å². The van der Waals surface area contributed by atoms with Gasteiger partial charge in [0.25, 0.3) is 0 Å². The van der Waals surface area contributed by atoms with E-state index in [0.717, 1.165) is 5.56 Å². The summed E-state index contributed by atoms with van der Waals surface area (Å²) in [5, 5.41) is 10.5. The standard InChI is InChI=1S/C11H12OS2/c1-7-3-4-8-9(6-12)11(13-2)14-10(8)5-7/h3-5,12H,6H2,1-2H3. The molecule has 0 unspecified atom stereocenters. The van der Waals surface area contributed by atoms with E-state index in [9.17, 15) is 5.11 Å². The van der Waals surface area contributed by atoms with Gasteiger partial charge in [-0.15, -0.1) is 23.1 Å². The zero-order valence-corrected chi connectivity index (χ0v) is 9.84. The molecule has 0 aliphatic carbocycles. The Balaban J connectivity index is 2.73. The van der Waals surface area contributed by atoms with Gasteiger partial charge in [0.05, 0.1) is 10.8 Å². The fraction of sp³-hybridized carbons (Fsp3) is 0.273. The van der Waals surface area contributed by atoms with Gasteiger partial charge in [-0.05, 0) is 30.2 Å². The quantitative estimate of drug-likeness (QED) is 0.789. The highest BCUT2D eigenvalue weighted by Gasteiger charge is 2.09. The van der Waals surface area contributed by atoms with Crippen LogP contribution in [0.5, 0.6) is 0 Å². The molecule has 0 atom stereocenters. The third-order valence-corrected chi connectivity index (χ3v) is 4.61. The Morgan fingerprint density at radius 1 is 1.43 bits per heavy atom. The van der Waals surface area contributed by atoms with Crippen molar-refractivity contribution in [3.8, 4) is 0 Å². The van der Waals surface area contributed by atoms with Gasteiger partial charge in [0.15, 0.2) is 0 Å². The summed E-state index contributed by atoms with van der Waals surface area (Å²) in [5.74, 6) is 0. The molecular formula is C11H12OS2. The summed E-state index contributed by atoms with van der Waals surface area (Å²) in [4.78, 5) is 0. The number of thioether (sulfide) groups is 1. The minimum absolute atomic E-state index is 0.138. The van der Waals surface area contributed by atoms with Gasteiger partial charge in [0.2, 0.25) is 0 Å². The third kappa shape index (κ3) is 1.56.